The van der Waals surface area contributed by atoms with Crippen LogP contribution in [0.4, 0.5) is 0 Å². The van der Waals surface area contributed by atoms with Crippen molar-refractivity contribution in [2.75, 3.05) is 0 Å². The van der Waals surface area contributed by atoms with Crippen LogP contribution in [0.3, 0.4) is 0 Å². The zero-order valence-electron chi connectivity index (χ0n) is 28.3. The molecule has 0 aliphatic heterocycles. The summed E-state index contributed by atoms with van der Waals surface area (Å²) in [7, 11) is 0.501. The van der Waals surface area contributed by atoms with E-state index in [0.717, 1.165) is 17.5 Å². The third kappa shape index (κ3) is 25.3. The van der Waals surface area contributed by atoms with Gasteiger partial charge in [-0.3, -0.25) is 0 Å². The predicted octanol–water partition coefficient (Wildman–Crippen LogP) is 11.4. The van der Waals surface area contributed by atoms with E-state index in [9.17, 15) is 0 Å². The molecule has 4 aromatic carbocycles. The third-order valence-electron chi connectivity index (χ3n) is 5.36. The Bertz CT molecular complexity index is 1120. The number of allylic oxidation sites excluding steroid dienone is 3. The van der Waals surface area contributed by atoms with Crippen LogP contribution in [0.25, 0.3) is 5.32 Å². The van der Waals surface area contributed by atoms with Crippen LogP contribution in [0.5, 0.6) is 0 Å². The number of nitrogens with zero attached hydrogens (tertiary/aromatic N) is 1. The van der Waals surface area contributed by atoms with E-state index in [4.69, 9.17) is 0 Å². The summed E-state index contributed by atoms with van der Waals surface area (Å²) in [6.07, 6.45) is 7.28. The average Bonchev–Trinajstić information content (AvgIpc) is 3.44. The standard InChI is InChI=1S/C14H15Si.C9H14N.2C7H7.4CH3.Ti/c1-3-7-13(8-4-1)11-15-12-14-9-5-2-6-10-14;1-9(2,3)10-8-6-4-5-7-8;2*1-7-5-3-2-4-6-7;;;;;/h1-10,15H,11-12H2;4-6H,7H2,1-3H3;2*2-6H,1H2;4*1H3;/q;7*-1;. The molecule has 3 heteroatoms. The van der Waals surface area contributed by atoms with Gasteiger partial charge in [0, 0.05) is 31.2 Å². The molecule has 44 heavy (non-hydrogen) atoms. The van der Waals surface area contributed by atoms with E-state index in [-0.39, 0.29) is 57.0 Å². The maximum absolute atomic E-state index is 4.51. The molecule has 0 spiro atoms. The quantitative estimate of drug-likeness (QED) is 0.153. The molecular weight excluding hydrogens is 582 g/mol. The Labute approximate surface area is 291 Å². The van der Waals surface area contributed by atoms with Crippen LogP contribution in [-0.4, -0.2) is 15.1 Å². The van der Waals surface area contributed by atoms with Gasteiger partial charge in [-0.15, -0.1) is 29.8 Å². The SMILES string of the molecule is CC(C)(C)[N-]C1=CC=CC1.[CH2-]c1ccccc1.[CH2-]c1ccccc1.[CH3-].[CH3-].[CH3-].[CH3-].[Ti].c1ccc(C[SiH]Cc2ccccc2)cc1. The van der Waals surface area contributed by atoms with Gasteiger partial charge in [-0.1, -0.05) is 123 Å². The summed E-state index contributed by atoms with van der Waals surface area (Å²) < 4.78 is 0. The fraction of sp³-hybridized carbons (Fsp3) is 0.171. The number of hydrogen-bond acceptors (Lipinski definition) is 0. The second-order valence-electron chi connectivity index (χ2n) is 10.2. The van der Waals surface area contributed by atoms with Gasteiger partial charge >= 0.3 is 0 Å². The minimum Gasteiger partial charge on any atom is -0.683 e. The summed E-state index contributed by atoms with van der Waals surface area (Å²) >= 11 is 0. The molecule has 0 unspecified atom stereocenters. The minimum atomic E-state index is 0. The number of rotatable bonds is 5. The molecule has 0 N–H and O–H groups in total. The van der Waals surface area contributed by atoms with E-state index in [1.165, 1.54) is 28.9 Å². The van der Waals surface area contributed by atoms with Gasteiger partial charge in [0.05, 0.1) is 0 Å². The first kappa shape index (κ1) is 47.8. The maximum atomic E-state index is 4.51. The van der Waals surface area contributed by atoms with E-state index in [1.807, 2.05) is 60.7 Å². The Hall–Kier alpha value is -3.17. The molecule has 0 bridgehead atoms. The van der Waals surface area contributed by atoms with Crippen LogP contribution in [0.1, 0.15) is 49.4 Å². The van der Waals surface area contributed by atoms with E-state index in [0.29, 0.717) is 9.52 Å². The van der Waals surface area contributed by atoms with Gasteiger partial charge in [-0.25, -0.2) is 0 Å². The topological polar surface area (TPSA) is 14.1 Å². The van der Waals surface area contributed by atoms with Crippen molar-refractivity contribution in [1.29, 1.82) is 0 Å². The van der Waals surface area contributed by atoms with Crippen molar-refractivity contribution in [3.8, 4) is 0 Å². The predicted molar refractivity (Wildman–Crippen MR) is 200 cm³/mol. The third-order valence-corrected chi connectivity index (χ3v) is 6.88. The van der Waals surface area contributed by atoms with Crippen LogP contribution < -0.4 is 0 Å². The van der Waals surface area contributed by atoms with Crippen molar-refractivity contribution >= 4 is 9.52 Å². The maximum Gasteiger partial charge on any atom is 0.0379 e. The van der Waals surface area contributed by atoms with E-state index < -0.39 is 0 Å². The van der Waals surface area contributed by atoms with Crippen molar-refractivity contribution in [3.63, 3.8) is 0 Å². The second kappa shape index (κ2) is 28.6. The van der Waals surface area contributed by atoms with Gasteiger partial charge in [0.2, 0.25) is 0 Å². The molecule has 0 saturated carbocycles. The zero-order chi connectivity index (χ0) is 28.2. The first-order valence-corrected chi connectivity index (χ1v) is 15.2. The average molecular weight is 638 g/mol. The molecule has 0 fully saturated rings. The Morgan fingerprint density at radius 3 is 1.18 bits per heavy atom. The molecule has 0 amide bonds. The molecule has 1 aliphatic carbocycles. The van der Waals surface area contributed by atoms with Crippen LogP contribution in [-0.2, 0) is 33.8 Å². The minimum absolute atomic E-state index is 0. The monoisotopic (exact) mass is 637 g/mol. The fourth-order valence-electron chi connectivity index (χ4n) is 3.54. The van der Waals surface area contributed by atoms with Crippen molar-refractivity contribution in [2.45, 2.75) is 44.8 Å². The molecule has 0 atom stereocenters. The Balaban J connectivity index is -0.000000245. The first-order valence-electron chi connectivity index (χ1n) is 13.5. The molecule has 239 valence electrons. The fourth-order valence-corrected chi connectivity index (χ4v) is 4.89. The normalized spacial score (nSPS) is 10.1. The summed E-state index contributed by atoms with van der Waals surface area (Å²) in [5, 5.41) is 4.51. The van der Waals surface area contributed by atoms with Crippen LogP contribution in [0.15, 0.2) is 145 Å². The smallest absolute Gasteiger partial charge is 0.0379 e. The molecule has 0 aromatic heterocycles. The van der Waals surface area contributed by atoms with E-state index in [2.05, 4.69) is 119 Å². The number of benzene rings is 4. The Kier molecular flexibility index (Phi) is 31.0. The molecule has 1 nitrogen and oxygen atoms in total. The van der Waals surface area contributed by atoms with Crippen molar-refractivity contribution < 1.29 is 21.7 Å². The molecule has 0 heterocycles. The Morgan fingerprint density at radius 2 is 0.932 bits per heavy atom. The van der Waals surface area contributed by atoms with Gasteiger partial charge < -0.3 is 35.0 Å². The molecule has 1 aliphatic rings. The summed E-state index contributed by atoms with van der Waals surface area (Å²) in [5.74, 6) is 0. The van der Waals surface area contributed by atoms with Gasteiger partial charge in [0.15, 0.2) is 0 Å². The van der Waals surface area contributed by atoms with Crippen LogP contribution in [0, 0.1) is 43.6 Å². The molecule has 1 radical (unpaired) electrons. The summed E-state index contributed by atoms with van der Waals surface area (Å²) in [6, 6.07) is 43.8. The van der Waals surface area contributed by atoms with Crippen molar-refractivity contribution in [3.05, 3.63) is 216 Å². The van der Waals surface area contributed by atoms with Gasteiger partial charge in [-0.2, -0.15) is 54.9 Å². The molecular formula is C41H55NSiTi-7. The summed E-state index contributed by atoms with van der Waals surface area (Å²) in [5.41, 5.74) is 6.38. The van der Waals surface area contributed by atoms with Crippen molar-refractivity contribution in [2.24, 2.45) is 0 Å². The summed E-state index contributed by atoms with van der Waals surface area (Å²) in [4.78, 5) is 0. The number of hydrogen-bond donors (Lipinski definition) is 0. The van der Waals surface area contributed by atoms with E-state index in [1.54, 1.807) is 0 Å². The first-order chi connectivity index (χ1) is 18.8. The molecule has 0 saturated heterocycles. The Morgan fingerprint density at radius 1 is 0.591 bits per heavy atom. The second-order valence-corrected chi connectivity index (χ2v) is 11.6. The summed E-state index contributed by atoms with van der Waals surface area (Å²) in [6.45, 7) is 13.8. The van der Waals surface area contributed by atoms with Crippen molar-refractivity contribution in [1.82, 2.24) is 0 Å². The van der Waals surface area contributed by atoms with Gasteiger partial charge in [0.25, 0.3) is 0 Å². The van der Waals surface area contributed by atoms with Gasteiger partial charge in [0.1, 0.15) is 0 Å². The molecule has 5 rings (SSSR count). The van der Waals surface area contributed by atoms with Gasteiger partial charge in [-0.05, 0) is 18.5 Å². The van der Waals surface area contributed by atoms with Crippen LogP contribution >= 0.6 is 0 Å². The zero-order valence-corrected chi connectivity index (χ0v) is 31.1. The van der Waals surface area contributed by atoms with E-state index >= 15 is 0 Å². The molecule has 4 aromatic rings. The van der Waals surface area contributed by atoms with Crippen LogP contribution in [0.2, 0.25) is 0 Å². The largest absolute Gasteiger partial charge is 0.683 e.